The monoisotopic (exact) mass is 356 g/mol. The zero-order valence-corrected chi connectivity index (χ0v) is 15.6. The first-order valence-electron chi connectivity index (χ1n) is 8.70. The Bertz CT molecular complexity index is 669. The Labute approximate surface area is 144 Å². The Morgan fingerprint density at radius 2 is 2.12 bits per heavy atom. The van der Waals surface area contributed by atoms with E-state index in [-0.39, 0.29) is 17.7 Å². The zero-order valence-electron chi connectivity index (χ0n) is 14.8. The lowest BCUT2D eigenvalue weighted by molar-refractivity contribution is 0.0931. The van der Waals surface area contributed by atoms with Crippen LogP contribution in [0.4, 0.5) is 0 Å². The first-order valence-corrected chi connectivity index (χ1v) is 10.3. The minimum absolute atomic E-state index is 0.0938. The van der Waals surface area contributed by atoms with Gasteiger partial charge in [-0.15, -0.1) is 0 Å². The molecule has 0 spiro atoms. The van der Waals surface area contributed by atoms with E-state index >= 15 is 0 Å². The van der Waals surface area contributed by atoms with Gasteiger partial charge in [-0.25, -0.2) is 8.42 Å². The van der Waals surface area contributed by atoms with Crippen LogP contribution in [0.5, 0.6) is 0 Å². The Hall–Kier alpha value is -1.41. The highest BCUT2D eigenvalue weighted by molar-refractivity contribution is 7.89. The lowest BCUT2D eigenvalue weighted by atomic mass is 10.1. The summed E-state index contributed by atoms with van der Waals surface area (Å²) in [5.74, 6) is -0.0769. The van der Waals surface area contributed by atoms with Crippen molar-refractivity contribution < 1.29 is 13.2 Å². The molecule has 1 fully saturated rings. The number of hydrogen-bond acceptors (Lipinski definition) is 4. The van der Waals surface area contributed by atoms with Crippen LogP contribution < -0.4 is 5.32 Å². The van der Waals surface area contributed by atoms with E-state index in [0.717, 1.165) is 37.9 Å². The molecule has 1 aliphatic heterocycles. The summed E-state index contributed by atoms with van der Waals surface area (Å²) in [5, 5.41) is 7.25. The standard InChI is InChI=1S/C16H28N4O3S/c1-4-9-20-13(3)15(11-17-20)16(21)18-14-8-6-7-10-19(12-14)24(22,23)5-2/h11,14H,4-10,12H2,1-3H3,(H,18,21)/t14-/m0/s1. The molecule has 1 aromatic heterocycles. The Morgan fingerprint density at radius 1 is 1.38 bits per heavy atom. The van der Waals surface area contributed by atoms with E-state index in [1.165, 1.54) is 4.31 Å². The summed E-state index contributed by atoms with van der Waals surface area (Å²) in [6, 6.07) is -0.157. The van der Waals surface area contributed by atoms with Crippen molar-refractivity contribution in [3.05, 3.63) is 17.5 Å². The van der Waals surface area contributed by atoms with Crippen LogP contribution in [-0.4, -0.2) is 53.3 Å². The normalized spacial score (nSPS) is 19.9. The van der Waals surface area contributed by atoms with Crippen LogP contribution in [0.25, 0.3) is 0 Å². The maximum Gasteiger partial charge on any atom is 0.255 e. The molecule has 1 aromatic rings. The van der Waals surface area contributed by atoms with Crippen LogP contribution in [-0.2, 0) is 16.6 Å². The topological polar surface area (TPSA) is 84.3 Å². The molecule has 1 amide bonds. The van der Waals surface area contributed by atoms with E-state index in [9.17, 15) is 13.2 Å². The number of aryl methyl sites for hydroxylation is 1. The molecular formula is C16H28N4O3S. The number of aromatic nitrogens is 2. The van der Waals surface area contributed by atoms with Gasteiger partial charge in [-0.1, -0.05) is 13.3 Å². The summed E-state index contributed by atoms with van der Waals surface area (Å²) >= 11 is 0. The van der Waals surface area contributed by atoms with E-state index in [1.54, 1.807) is 13.1 Å². The first-order chi connectivity index (χ1) is 11.4. The van der Waals surface area contributed by atoms with Crippen LogP contribution in [0.2, 0.25) is 0 Å². The zero-order chi connectivity index (χ0) is 17.7. The third-order valence-corrected chi connectivity index (χ3v) is 6.36. The van der Waals surface area contributed by atoms with Gasteiger partial charge < -0.3 is 5.32 Å². The van der Waals surface area contributed by atoms with Gasteiger partial charge in [0.15, 0.2) is 0 Å². The number of sulfonamides is 1. The Morgan fingerprint density at radius 3 is 2.79 bits per heavy atom. The van der Waals surface area contributed by atoms with E-state index in [4.69, 9.17) is 0 Å². The lowest BCUT2D eigenvalue weighted by Gasteiger charge is -2.24. The molecule has 8 heteroatoms. The highest BCUT2D eigenvalue weighted by Crippen LogP contribution is 2.16. The summed E-state index contributed by atoms with van der Waals surface area (Å²) in [6.45, 7) is 7.28. The number of carbonyl (C=O) groups is 1. The van der Waals surface area contributed by atoms with Gasteiger partial charge in [0.2, 0.25) is 10.0 Å². The van der Waals surface area contributed by atoms with Crippen molar-refractivity contribution in [3.8, 4) is 0 Å². The van der Waals surface area contributed by atoms with Gasteiger partial charge in [0, 0.05) is 31.4 Å². The predicted octanol–water partition coefficient (Wildman–Crippen LogP) is 1.54. The molecule has 0 unspecified atom stereocenters. The van der Waals surface area contributed by atoms with Crippen molar-refractivity contribution in [2.45, 2.75) is 59.0 Å². The molecule has 1 saturated heterocycles. The van der Waals surface area contributed by atoms with Gasteiger partial charge in [0.1, 0.15) is 0 Å². The number of rotatable bonds is 6. The van der Waals surface area contributed by atoms with Crippen molar-refractivity contribution in [2.24, 2.45) is 0 Å². The molecule has 0 aliphatic carbocycles. The van der Waals surface area contributed by atoms with Gasteiger partial charge in [-0.3, -0.25) is 9.48 Å². The van der Waals surface area contributed by atoms with E-state index in [0.29, 0.717) is 18.7 Å². The molecule has 136 valence electrons. The van der Waals surface area contributed by atoms with Crippen molar-refractivity contribution in [3.63, 3.8) is 0 Å². The first kappa shape index (κ1) is 18.9. The molecule has 1 aliphatic rings. The lowest BCUT2D eigenvalue weighted by Crippen LogP contribution is -2.45. The smallest absolute Gasteiger partial charge is 0.255 e. The summed E-state index contributed by atoms with van der Waals surface area (Å²) < 4.78 is 27.6. The molecule has 24 heavy (non-hydrogen) atoms. The van der Waals surface area contributed by atoms with Crippen molar-refractivity contribution >= 4 is 15.9 Å². The number of nitrogens with one attached hydrogen (secondary N) is 1. The highest BCUT2D eigenvalue weighted by Gasteiger charge is 2.27. The van der Waals surface area contributed by atoms with Crippen LogP contribution in [0.1, 0.15) is 55.6 Å². The minimum atomic E-state index is -3.22. The number of nitrogens with zero attached hydrogens (tertiary/aromatic N) is 3. The fourth-order valence-corrected chi connectivity index (χ4v) is 4.21. The average Bonchev–Trinajstić information content (AvgIpc) is 2.76. The van der Waals surface area contributed by atoms with Crippen LogP contribution >= 0.6 is 0 Å². The van der Waals surface area contributed by atoms with Crippen LogP contribution in [0.3, 0.4) is 0 Å². The Kier molecular flexibility index (Phi) is 6.40. The SMILES string of the molecule is CCCn1ncc(C(=O)N[C@H]2CCCCN(S(=O)(=O)CC)C2)c1C. The van der Waals surface area contributed by atoms with Crippen LogP contribution in [0.15, 0.2) is 6.20 Å². The molecule has 7 nitrogen and oxygen atoms in total. The van der Waals surface area contributed by atoms with Gasteiger partial charge in [-0.05, 0) is 33.1 Å². The molecule has 0 bridgehead atoms. The number of amides is 1. The molecule has 0 radical (unpaired) electrons. The number of carbonyl (C=O) groups excluding carboxylic acids is 1. The van der Waals surface area contributed by atoms with Crippen LogP contribution in [0, 0.1) is 6.92 Å². The van der Waals surface area contributed by atoms with Gasteiger partial charge >= 0.3 is 0 Å². The molecular weight excluding hydrogens is 328 g/mol. The quantitative estimate of drug-likeness (QED) is 0.838. The van der Waals surface area contributed by atoms with Crippen molar-refractivity contribution in [2.75, 3.05) is 18.8 Å². The fourth-order valence-electron chi connectivity index (χ4n) is 3.03. The number of hydrogen-bond donors (Lipinski definition) is 1. The van der Waals surface area contributed by atoms with Crippen molar-refractivity contribution in [1.29, 1.82) is 0 Å². The third kappa shape index (κ3) is 4.36. The van der Waals surface area contributed by atoms with E-state index < -0.39 is 10.0 Å². The second kappa shape index (κ2) is 8.11. The average molecular weight is 356 g/mol. The van der Waals surface area contributed by atoms with Gasteiger partial charge in [-0.2, -0.15) is 9.40 Å². The van der Waals surface area contributed by atoms with Gasteiger partial charge in [0.25, 0.3) is 5.91 Å². The maximum absolute atomic E-state index is 12.6. The molecule has 1 atom stereocenters. The molecule has 0 saturated carbocycles. The molecule has 2 heterocycles. The predicted molar refractivity (Wildman–Crippen MR) is 93.4 cm³/mol. The van der Waals surface area contributed by atoms with E-state index in [2.05, 4.69) is 17.3 Å². The minimum Gasteiger partial charge on any atom is -0.348 e. The maximum atomic E-state index is 12.6. The third-order valence-electron chi connectivity index (χ3n) is 4.51. The highest BCUT2D eigenvalue weighted by atomic mass is 32.2. The van der Waals surface area contributed by atoms with Gasteiger partial charge in [0.05, 0.1) is 17.5 Å². The second-order valence-corrected chi connectivity index (χ2v) is 8.55. The summed E-state index contributed by atoms with van der Waals surface area (Å²) in [5.41, 5.74) is 1.42. The molecule has 2 rings (SSSR count). The fraction of sp³-hybridized carbons (Fsp3) is 0.750. The summed E-state index contributed by atoms with van der Waals surface area (Å²) in [7, 11) is -3.22. The summed E-state index contributed by atoms with van der Waals surface area (Å²) in [4.78, 5) is 12.6. The second-order valence-electron chi connectivity index (χ2n) is 6.29. The summed E-state index contributed by atoms with van der Waals surface area (Å²) in [6.07, 6.45) is 5.09. The largest absolute Gasteiger partial charge is 0.348 e. The van der Waals surface area contributed by atoms with E-state index in [1.807, 2.05) is 11.6 Å². The van der Waals surface area contributed by atoms with Crippen molar-refractivity contribution in [1.82, 2.24) is 19.4 Å². The molecule has 0 aromatic carbocycles. The Balaban J connectivity index is 2.07. The molecule has 1 N–H and O–H groups in total.